The number of carbonyl (C=O) groups is 1. The summed E-state index contributed by atoms with van der Waals surface area (Å²) in [5, 5.41) is 6.95. The maximum atomic E-state index is 14.7. The standard InChI is InChI=1S/C22H17ClFN5O3/c1-11-6-18-19(26-12(11)2)21(30)20(22(31)27-14-8-15(32-3)10-25-9-14)28-29(18)17-5-4-13(23)7-16(17)24/h4-10H,1-3H3,(H,27,31). The molecule has 1 aromatic carbocycles. The average Bonchev–Trinajstić information content (AvgIpc) is 2.76. The maximum Gasteiger partial charge on any atom is 0.280 e. The molecule has 3 aromatic heterocycles. The zero-order chi connectivity index (χ0) is 23.0. The highest BCUT2D eigenvalue weighted by molar-refractivity contribution is 6.30. The summed E-state index contributed by atoms with van der Waals surface area (Å²) in [6.07, 6.45) is 2.86. The number of aryl methyl sites for hydroxylation is 2. The van der Waals surface area contributed by atoms with E-state index in [2.05, 4.69) is 20.4 Å². The predicted octanol–water partition coefficient (Wildman–Crippen LogP) is 3.85. The number of ether oxygens (including phenoxy) is 1. The molecule has 0 atom stereocenters. The molecule has 3 heterocycles. The van der Waals surface area contributed by atoms with E-state index < -0.39 is 22.8 Å². The SMILES string of the molecule is COc1cncc(NC(=O)c2nn(-c3ccc(Cl)cc3F)c3cc(C)c(C)nc3c2=O)c1. The topological polar surface area (TPSA) is 99.0 Å². The van der Waals surface area contributed by atoms with Crippen LogP contribution in [0, 0.1) is 19.7 Å². The molecule has 10 heteroatoms. The zero-order valence-corrected chi connectivity index (χ0v) is 18.1. The summed E-state index contributed by atoms with van der Waals surface area (Å²) in [5.41, 5.74) is 0.820. The van der Waals surface area contributed by atoms with Crippen molar-refractivity contribution in [1.29, 1.82) is 0 Å². The molecule has 0 aliphatic carbocycles. The van der Waals surface area contributed by atoms with E-state index in [0.717, 1.165) is 11.6 Å². The number of carbonyl (C=O) groups excluding carboxylic acids is 1. The number of methoxy groups -OCH3 is 1. The van der Waals surface area contributed by atoms with Crippen molar-refractivity contribution in [2.45, 2.75) is 13.8 Å². The first-order valence-corrected chi connectivity index (χ1v) is 9.83. The van der Waals surface area contributed by atoms with E-state index in [1.807, 2.05) is 6.92 Å². The number of nitrogens with zero attached hydrogens (tertiary/aromatic N) is 4. The fourth-order valence-electron chi connectivity index (χ4n) is 3.11. The maximum absolute atomic E-state index is 14.7. The van der Waals surface area contributed by atoms with Gasteiger partial charge in [0, 0.05) is 16.8 Å². The Morgan fingerprint density at radius 3 is 2.69 bits per heavy atom. The van der Waals surface area contributed by atoms with Crippen molar-refractivity contribution in [2.24, 2.45) is 0 Å². The van der Waals surface area contributed by atoms with Gasteiger partial charge in [0.25, 0.3) is 5.91 Å². The Morgan fingerprint density at radius 2 is 1.97 bits per heavy atom. The number of nitrogens with one attached hydrogen (secondary N) is 1. The Kier molecular flexibility index (Phi) is 5.58. The molecule has 4 aromatic rings. The second-order valence-electron chi connectivity index (χ2n) is 7.01. The Hall–Kier alpha value is -3.85. The van der Waals surface area contributed by atoms with E-state index in [4.69, 9.17) is 16.3 Å². The molecule has 4 rings (SSSR count). The fraction of sp³-hybridized carbons (Fsp3) is 0.136. The highest BCUT2D eigenvalue weighted by Crippen LogP contribution is 2.22. The van der Waals surface area contributed by atoms with Crippen LogP contribution in [0.5, 0.6) is 5.75 Å². The molecule has 0 unspecified atom stereocenters. The number of halogens is 2. The van der Waals surface area contributed by atoms with Crippen molar-refractivity contribution in [1.82, 2.24) is 19.7 Å². The Bertz CT molecular complexity index is 1440. The van der Waals surface area contributed by atoms with Gasteiger partial charge in [-0.3, -0.25) is 14.6 Å². The molecule has 32 heavy (non-hydrogen) atoms. The lowest BCUT2D eigenvalue weighted by Crippen LogP contribution is -2.28. The molecule has 1 N–H and O–H groups in total. The van der Waals surface area contributed by atoms with Crippen LogP contribution in [-0.4, -0.2) is 32.8 Å². The predicted molar refractivity (Wildman–Crippen MR) is 118 cm³/mol. The van der Waals surface area contributed by atoms with Crippen molar-refractivity contribution in [3.05, 3.63) is 80.7 Å². The van der Waals surface area contributed by atoms with Crippen LogP contribution in [0.15, 0.2) is 47.5 Å². The number of amides is 1. The van der Waals surface area contributed by atoms with E-state index in [1.54, 1.807) is 13.0 Å². The summed E-state index contributed by atoms with van der Waals surface area (Å²) in [6, 6.07) is 7.24. The van der Waals surface area contributed by atoms with Crippen LogP contribution in [0.1, 0.15) is 21.7 Å². The van der Waals surface area contributed by atoms with Gasteiger partial charge in [-0.2, -0.15) is 5.10 Å². The number of fused-ring (bicyclic) bond motifs is 1. The van der Waals surface area contributed by atoms with Crippen LogP contribution < -0.4 is 15.5 Å². The third-order valence-corrected chi connectivity index (χ3v) is 5.10. The van der Waals surface area contributed by atoms with Crippen molar-refractivity contribution in [3.63, 3.8) is 0 Å². The molecule has 0 saturated heterocycles. The molecule has 0 aliphatic heterocycles. The minimum Gasteiger partial charge on any atom is -0.495 e. The molecule has 0 spiro atoms. The monoisotopic (exact) mass is 453 g/mol. The number of rotatable bonds is 4. The lowest BCUT2D eigenvalue weighted by molar-refractivity contribution is 0.102. The third-order valence-electron chi connectivity index (χ3n) is 4.86. The molecule has 0 radical (unpaired) electrons. The first kappa shape index (κ1) is 21.4. The van der Waals surface area contributed by atoms with Gasteiger partial charge in [0.2, 0.25) is 5.43 Å². The second-order valence-corrected chi connectivity index (χ2v) is 7.45. The minimum atomic E-state index is -0.796. The van der Waals surface area contributed by atoms with Crippen LogP contribution in [0.25, 0.3) is 16.7 Å². The van der Waals surface area contributed by atoms with Crippen molar-refractivity contribution in [2.75, 3.05) is 12.4 Å². The van der Waals surface area contributed by atoms with Gasteiger partial charge in [0.15, 0.2) is 5.69 Å². The summed E-state index contributed by atoms with van der Waals surface area (Å²) in [7, 11) is 1.46. The van der Waals surface area contributed by atoms with Gasteiger partial charge < -0.3 is 10.1 Å². The average molecular weight is 454 g/mol. The third kappa shape index (κ3) is 3.90. The number of aromatic nitrogens is 4. The molecular weight excluding hydrogens is 437 g/mol. The second kappa shape index (κ2) is 8.35. The largest absolute Gasteiger partial charge is 0.495 e. The van der Waals surface area contributed by atoms with Crippen molar-refractivity contribution in [3.8, 4) is 11.4 Å². The summed E-state index contributed by atoms with van der Waals surface area (Å²) >= 11 is 5.88. The van der Waals surface area contributed by atoms with E-state index in [-0.39, 0.29) is 21.7 Å². The van der Waals surface area contributed by atoms with Crippen LogP contribution in [-0.2, 0) is 0 Å². The molecule has 0 fully saturated rings. The molecule has 8 nitrogen and oxygen atoms in total. The summed E-state index contributed by atoms with van der Waals surface area (Å²) in [5.74, 6) is -1.05. The summed E-state index contributed by atoms with van der Waals surface area (Å²) in [4.78, 5) is 34.4. The Morgan fingerprint density at radius 1 is 1.19 bits per heavy atom. The quantitative estimate of drug-likeness (QED) is 0.504. The Labute approximate surface area is 186 Å². The van der Waals surface area contributed by atoms with Crippen LogP contribution in [0.2, 0.25) is 5.02 Å². The van der Waals surface area contributed by atoms with Gasteiger partial charge in [-0.1, -0.05) is 11.6 Å². The van der Waals surface area contributed by atoms with Gasteiger partial charge in [-0.25, -0.2) is 14.1 Å². The first-order chi connectivity index (χ1) is 15.3. The van der Waals surface area contributed by atoms with Crippen LogP contribution in [0.4, 0.5) is 10.1 Å². The number of hydrogen-bond donors (Lipinski definition) is 1. The number of hydrogen-bond acceptors (Lipinski definition) is 6. The van der Waals surface area contributed by atoms with Gasteiger partial charge in [-0.15, -0.1) is 0 Å². The molecule has 0 bridgehead atoms. The van der Waals surface area contributed by atoms with Crippen molar-refractivity contribution >= 4 is 34.2 Å². The molecule has 162 valence electrons. The van der Waals surface area contributed by atoms with E-state index >= 15 is 0 Å². The molecule has 0 aliphatic rings. The number of benzene rings is 1. The van der Waals surface area contributed by atoms with Crippen LogP contribution >= 0.6 is 11.6 Å². The van der Waals surface area contributed by atoms with E-state index in [1.165, 1.54) is 42.4 Å². The normalized spacial score (nSPS) is 10.9. The highest BCUT2D eigenvalue weighted by atomic mass is 35.5. The zero-order valence-electron chi connectivity index (χ0n) is 17.3. The number of pyridine rings is 2. The smallest absolute Gasteiger partial charge is 0.280 e. The van der Waals surface area contributed by atoms with Crippen LogP contribution in [0.3, 0.4) is 0 Å². The molecule has 1 amide bonds. The molecular formula is C22H17ClFN5O3. The van der Waals surface area contributed by atoms with Gasteiger partial charge in [0.05, 0.1) is 30.7 Å². The van der Waals surface area contributed by atoms with Gasteiger partial charge >= 0.3 is 0 Å². The lowest BCUT2D eigenvalue weighted by Gasteiger charge is -2.14. The molecule has 0 saturated carbocycles. The fourth-order valence-corrected chi connectivity index (χ4v) is 3.26. The van der Waals surface area contributed by atoms with Crippen molar-refractivity contribution < 1.29 is 13.9 Å². The minimum absolute atomic E-state index is 0.00799. The lowest BCUT2D eigenvalue weighted by atomic mass is 10.1. The number of anilines is 1. The highest BCUT2D eigenvalue weighted by Gasteiger charge is 2.21. The summed E-state index contributed by atoms with van der Waals surface area (Å²) < 4.78 is 21.0. The van der Waals surface area contributed by atoms with Gasteiger partial charge in [0.1, 0.15) is 22.8 Å². The first-order valence-electron chi connectivity index (χ1n) is 9.45. The Balaban J connectivity index is 1.93. The van der Waals surface area contributed by atoms with Gasteiger partial charge in [-0.05, 0) is 43.7 Å². The van der Waals surface area contributed by atoms with E-state index in [9.17, 15) is 14.0 Å². The summed E-state index contributed by atoms with van der Waals surface area (Å²) in [6.45, 7) is 3.55. The van der Waals surface area contributed by atoms with E-state index in [0.29, 0.717) is 17.1 Å².